The lowest BCUT2D eigenvalue weighted by molar-refractivity contribution is 0.174. The van der Waals surface area contributed by atoms with Crippen LogP contribution in [-0.4, -0.2) is 19.6 Å². The van der Waals surface area contributed by atoms with Gasteiger partial charge in [-0.1, -0.05) is 12.1 Å². The van der Waals surface area contributed by atoms with Gasteiger partial charge in [0.25, 0.3) is 0 Å². The van der Waals surface area contributed by atoms with Crippen molar-refractivity contribution >= 4 is 11.8 Å². The number of methoxy groups -OCH3 is 1. The van der Waals surface area contributed by atoms with Crippen molar-refractivity contribution in [3.63, 3.8) is 0 Å². The minimum atomic E-state index is 0.617. The maximum absolute atomic E-state index is 4.96. The van der Waals surface area contributed by atoms with Gasteiger partial charge in [-0.05, 0) is 35.8 Å². The second-order valence-corrected chi connectivity index (χ2v) is 4.89. The maximum Gasteiger partial charge on any atom is 0.0964 e. The molecule has 0 saturated heterocycles. The SMILES string of the molecule is COCNCc1ccc2c(c1)CCCS2. The second kappa shape index (κ2) is 5.54. The molecule has 2 nitrogen and oxygen atoms in total. The van der Waals surface area contributed by atoms with E-state index in [-0.39, 0.29) is 0 Å². The van der Waals surface area contributed by atoms with Crippen LogP contribution in [0.3, 0.4) is 0 Å². The van der Waals surface area contributed by atoms with E-state index in [0.717, 1.165) is 6.54 Å². The van der Waals surface area contributed by atoms with Crippen LogP contribution in [0.25, 0.3) is 0 Å². The lowest BCUT2D eigenvalue weighted by Crippen LogP contribution is -2.16. The first kappa shape index (κ1) is 11.0. The Kier molecular flexibility index (Phi) is 4.06. The van der Waals surface area contributed by atoms with Gasteiger partial charge >= 0.3 is 0 Å². The molecule has 0 bridgehead atoms. The van der Waals surface area contributed by atoms with E-state index in [0.29, 0.717) is 6.73 Å². The van der Waals surface area contributed by atoms with Crippen LogP contribution >= 0.6 is 11.8 Å². The zero-order chi connectivity index (χ0) is 10.5. The Morgan fingerprint density at radius 3 is 3.27 bits per heavy atom. The van der Waals surface area contributed by atoms with Crippen molar-refractivity contribution in [3.05, 3.63) is 29.3 Å². The molecule has 0 aliphatic carbocycles. The molecule has 2 rings (SSSR count). The Morgan fingerprint density at radius 1 is 1.47 bits per heavy atom. The van der Waals surface area contributed by atoms with Crippen molar-refractivity contribution in [1.29, 1.82) is 0 Å². The van der Waals surface area contributed by atoms with Gasteiger partial charge < -0.3 is 4.74 Å². The van der Waals surface area contributed by atoms with E-state index in [4.69, 9.17) is 4.74 Å². The Labute approximate surface area is 95.4 Å². The van der Waals surface area contributed by atoms with Crippen LogP contribution in [0.2, 0.25) is 0 Å². The maximum atomic E-state index is 4.96. The van der Waals surface area contributed by atoms with E-state index in [1.54, 1.807) is 7.11 Å². The summed E-state index contributed by atoms with van der Waals surface area (Å²) in [6, 6.07) is 6.78. The Balaban J connectivity index is 2.00. The summed E-state index contributed by atoms with van der Waals surface area (Å²) in [5.74, 6) is 1.27. The lowest BCUT2D eigenvalue weighted by Gasteiger charge is -2.16. The molecule has 1 aliphatic heterocycles. The Hall–Kier alpha value is -0.510. The van der Waals surface area contributed by atoms with Gasteiger partial charge in [0.2, 0.25) is 0 Å². The number of hydrogen-bond acceptors (Lipinski definition) is 3. The summed E-state index contributed by atoms with van der Waals surface area (Å²) in [5, 5.41) is 3.23. The number of hydrogen-bond donors (Lipinski definition) is 1. The van der Waals surface area contributed by atoms with Gasteiger partial charge in [-0.15, -0.1) is 11.8 Å². The largest absolute Gasteiger partial charge is 0.370 e. The molecule has 0 amide bonds. The van der Waals surface area contributed by atoms with Gasteiger partial charge in [-0.3, -0.25) is 5.32 Å². The number of benzene rings is 1. The van der Waals surface area contributed by atoms with E-state index >= 15 is 0 Å². The van der Waals surface area contributed by atoms with Gasteiger partial charge in [0, 0.05) is 18.6 Å². The summed E-state index contributed by atoms with van der Waals surface area (Å²) < 4.78 is 4.96. The molecule has 1 heterocycles. The van der Waals surface area contributed by atoms with Crippen molar-refractivity contribution in [2.75, 3.05) is 19.6 Å². The fraction of sp³-hybridized carbons (Fsp3) is 0.500. The number of fused-ring (bicyclic) bond motifs is 1. The third kappa shape index (κ3) is 2.97. The highest BCUT2D eigenvalue weighted by molar-refractivity contribution is 7.99. The quantitative estimate of drug-likeness (QED) is 0.625. The van der Waals surface area contributed by atoms with E-state index in [9.17, 15) is 0 Å². The molecule has 1 aliphatic rings. The first-order valence-electron chi connectivity index (χ1n) is 5.34. The van der Waals surface area contributed by atoms with E-state index in [1.165, 1.54) is 34.6 Å². The van der Waals surface area contributed by atoms with Gasteiger partial charge in [-0.2, -0.15) is 0 Å². The molecule has 82 valence electrons. The van der Waals surface area contributed by atoms with Crippen LogP contribution < -0.4 is 5.32 Å². The molecule has 3 heteroatoms. The van der Waals surface area contributed by atoms with Gasteiger partial charge in [0.05, 0.1) is 6.73 Å². The molecule has 0 saturated carbocycles. The molecule has 1 aromatic carbocycles. The summed E-state index contributed by atoms with van der Waals surface area (Å²) in [7, 11) is 1.70. The topological polar surface area (TPSA) is 21.3 Å². The zero-order valence-corrected chi connectivity index (χ0v) is 9.90. The van der Waals surface area contributed by atoms with E-state index in [2.05, 4.69) is 23.5 Å². The normalized spacial score (nSPS) is 15.0. The van der Waals surface area contributed by atoms with Crippen LogP contribution in [0.15, 0.2) is 23.1 Å². The van der Waals surface area contributed by atoms with E-state index in [1.807, 2.05) is 11.8 Å². The van der Waals surface area contributed by atoms with Gasteiger partial charge in [0.15, 0.2) is 0 Å². The average Bonchev–Trinajstić information content (AvgIpc) is 2.29. The first-order chi connectivity index (χ1) is 7.40. The van der Waals surface area contributed by atoms with Gasteiger partial charge in [0.1, 0.15) is 0 Å². The molecule has 0 unspecified atom stereocenters. The average molecular weight is 223 g/mol. The smallest absolute Gasteiger partial charge is 0.0964 e. The zero-order valence-electron chi connectivity index (χ0n) is 9.08. The minimum Gasteiger partial charge on any atom is -0.370 e. The molecule has 0 aromatic heterocycles. The molecule has 0 spiro atoms. The fourth-order valence-electron chi connectivity index (χ4n) is 1.82. The molecule has 0 radical (unpaired) electrons. The Morgan fingerprint density at radius 2 is 2.40 bits per heavy atom. The van der Waals surface area contributed by atoms with Crippen molar-refractivity contribution in [1.82, 2.24) is 5.32 Å². The highest BCUT2D eigenvalue weighted by Gasteiger charge is 2.09. The minimum absolute atomic E-state index is 0.617. The molecule has 0 atom stereocenters. The number of ether oxygens (including phenoxy) is 1. The van der Waals surface area contributed by atoms with Crippen molar-refractivity contribution < 1.29 is 4.74 Å². The predicted octanol–water partition coefficient (Wildman–Crippen LogP) is 2.42. The lowest BCUT2D eigenvalue weighted by atomic mass is 10.1. The van der Waals surface area contributed by atoms with Crippen LogP contribution in [0.4, 0.5) is 0 Å². The molecule has 1 aromatic rings. The highest BCUT2D eigenvalue weighted by atomic mass is 32.2. The molecular weight excluding hydrogens is 206 g/mol. The first-order valence-corrected chi connectivity index (χ1v) is 6.33. The summed E-state index contributed by atoms with van der Waals surface area (Å²) in [6.07, 6.45) is 2.55. The highest BCUT2D eigenvalue weighted by Crippen LogP contribution is 2.30. The number of aryl methyl sites for hydroxylation is 1. The van der Waals surface area contributed by atoms with Crippen molar-refractivity contribution in [3.8, 4) is 0 Å². The monoisotopic (exact) mass is 223 g/mol. The Bertz CT molecular complexity index is 327. The second-order valence-electron chi connectivity index (χ2n) is 3.75. The summed E-state index contributed by atoms with van der Waals surface area (Å²) in [5.41, 5.74) is 2.87. The molecular formula is C12H17NOS. The molecule has 15 heavy (non-hydrogen) atoms. The van der Waals surface area contributed by atoms with Crippen LogP contribution in [0, 0.1) is 0 Å². The fourth-order valence-corrected chi connectivity index (χ4v) is 2.84. The van der Waals surface area contributed by atoms with Crippen LogP contribution in [-0.2, 0) is 17.7 Å². The predicted molar refractivity (Wildman–Crippen MR) is 64.2 cm³/mol. The van der Waals surface area contributed by atoms with Crippen molar-refractivity contribution in [2.45, 2.75) is 24.3 Å². The summed E-state index contributed by atoms with van der Waals surface area (Å²) >= 11 is 1.98. The van der Waals surface area contributed by atoms with Gasteiger partial charge in [-0.25, -0.2) is 0 Å². The van der Waals surface area contributed by atoms with Crippen molar-refractivity contribution in [2.24, 2.45) is 0 Å². The number of thioether (sulfide) groups is 1. The van der Waals surface area contributed by atoms with Crippen LogP contribution in [0.5, 0.6) is 0 Å². The van der Waals surface area contributed by atoms with Crippen LogP contribution in [0.1, 0.15) is 17.5 Å². The number of nitrogens with one attached hydrogen (secondary N) is 1. The summed E-state index contributed by atoms with van der Waals surface area (Å²) in [4.78, 5) is 1.47. The third-order valence-electron chi connectivity index (χ3n) is 2.55. The molecule has 1 N–H and O–H groups in total. The molecule has 0 fully saturated rings. The standard InChI is InChI=1S/C12H17NOS/c1-14-9-13-8-10-4-5-12-11(7-10)3-2-6-15-12/h4-5,7,13H,2-3,6,8-9H2,1H3. The summed E-state index contributed by atoms with van der Waals surface area (Å²) in [6.45, 7) is 1.51. The van der Waals surface area contributed by atoms with E-state index < -0.39 is 0 Å². The number of rotatable bonds is 4. The third-order valence-corrected chi connectivity index (χ3v) is 3.75.